The van der Waals surface area contributed by atoms with Crippen LogP contribution >= 0.6 is 24.4 Å². The number of carbonyl (C=O) groups is 2. The maximum Gasteiger partial charge on any atom is 0.313 e. The van der Waals surface area contributed by atoms with Crippen LogP contribution in [0.1, 0.15) is 33.4 Å². The molecule has 0 aromatic carbocycles. The zero-order valence-electron chi connectivity index (χ0n) is 12.6. The van der Waals surface area contributed by atoms with E-state index in [4.69, 9.17) is 0 Å². The Bertz CT molecular complexity index is 578. The van der Waals surface area contributed by atoms with E-state index in [0.717, 1.165) is 5.69 Å². The number of aryl methyl sites for hydroxylation is 1. The van der Waals surface area contributed by atoms with E-state index in [-0.39, 0.29) is 30.3 Å². The zero-order chi connectivity index (χ0) is 17.7. The standard InChI is InChI=1S/C6H10O3.C5H6N2OS.CH4N2S.CH4/c1-3-9-6(8)4-5(2)7;1-3-2-4(8)7-5(9)6-3;2-1(3)4;/h3-4H2,1-2H3;2H,1H3,(H2,6,7,8,9);(H4,2,3,4);1H4. The van der Waals surface area contributed by atoms with E-state index in [1.165, 1.54) is 13.0 Å². The highest BCUT2D eigenvalue weighted by molar-refractivity contribution is 7.80. The number of hydrogen-bond donors (Lipinski definition) is 4. The number of thiocarbonyl (C=S) groups is 1. The van der Waals surface area contributed by atoms with Gasteiger partial charge in [0, 0.05) is 11.8 Å². The first-order chi connectivity index (χ1) is 10.1. The summed E-state index contributed by atoms with van der Waals surface area (Å²) in [6, 6.07) is 1.45. The fourth-order valence-electron chi connectivity index (χ4n) is 1.01. The number of aromatic amines is 2. The van der Waals surface area contributed by atoms with Crippen molar-refractivity contribution in [3.63, 3.8) is 0 Å². The van der Waals surface area contributed by atoms with Gasteiger partial charge in [-0.1, -0.05) is 7.43 Å². The Morgan fingerprint density at radius 1 is 1.30 bits per heavy atom. The highest BCUT2D eigenvalue weighted by atomic mass is 32.1. The molecular weight excluding hydrogens is 340 g/mol. The van der Waals surface area contributed by atoms with Crippen LogP contribution in [-0.2, 0) is 14.3 Å². The van der Waals surface area contributed by atoms with Gasteiger partial charge in [0.2, 0.25) is 0 Å². The molecular formula is C13H24N4O4S2. The van der Waals surface area contributed by atoms with Gasteiger partial charge < -0.3 is 21.2 Å². The van der Waals surface area contributed by atoms with Gasteiger partial charge in [0.15, 0.2) is 9.88 Å². The van der Waals surface area contributed by atoms with Crippen molar-refractivity contribution in [3.05, 3.63) is 26.9 Å². The highest BCUT2D eigenvalue weighted by Crippen LogP contribution is 1.86. The van der Waals surface area contributed by atoms with E-state index in [1.54, 1.807) is 13.8 Å². The number of nitrogens with two attached hydrogens (primary N) is 2. The number of esters is 1. The van der Waals surface area contributed by atoms with Crippen LogP contribution in [0, 0.1) is 11.7 Å². The molecule has 0 bridgehead atoms. The normalized spacial score (nSPS) is 8.13. The van der Waals surface area contributed by atoms with Gasteiger partial charge >= 0.3 is 5.97 Å². The molecule has 0 aliphatic heterocycles. The summed E-state index contributed by atoms with van der Waals surface area (Å²) >= 11 is 8.77. The van der Waals surface area contributed by atoms with Crippen LogP contribution in [0.4, 0.5) is 0 Å². The van der Waals surface area contributed by atoms with E-state index >= 15 is 0 Å². The summed E-state index contributed by atoms with van der Waals surface area (Å²) in [6.07, 6.45) is -0.103. The third-order valence-corrected chi connectivity index (χ3v) is 1.80. The number of carbonyl (C=O) groups excluding carboxylic acids is 2. The minimum atomic E-state index is -0.440. The molecule has 0 saturated heterocycles. The number of ketones is 1. The quantitative estimate of drug-likeness (QED) is 0.354. The minimum Gasteiger partial charge on any atom is -0.466 e. The van der Waals surface area contributed by atoms with Gasteiger partial charge in [-0.2, -0.15) is 0 Å². The van der Waals surface area contributed by atoms with Crippen LogP contribution in [0.5, 0.6) is 0 Å². The van der Waals surface area contributed by atoms with Crippen molar-refractivity contribution in [2.24, 2.45) is 11.5 Å². The van der Waals surface area contributed by atoms with E-state index in [1.807, 2.05) is 0 Å². The maximum atomic E-state index is 10.6. The van der Waals surface area contributed by atoms with Crippen molar-refractivity contribution in [1.29, 1.82) is 0 Å². The molecule has 0 saturated carbocycles. The second kappa shape index (κ2) is 14.9. The summed E-state index contributed by atoms with van der Waals surface area (Å²) < 4.78 is 4.87. The average Bonchev–Trinajstić information content (AvgIpc) is 2.25. The van der Waals surface area contributed by atoms with E-state index < -0.39 is 5.97 Å². The first-order valence-corrected chi connectivity index (χ1v) is 6.90. The molecule has 0 spiro atoms. The molecule has 0 fully saturated rings. The second-order valence-corrected chi connectivity index (χ2v) is 4.74. The number of ether oxygens (including phenoxy) is 1. The van der Waals surface area contributed by atoms with Crippen LogP contribution in [0.3, 0.4) is 0 Å². The van der Waals surface area contributed by atoms with Gasteiger partial charge in [0.1, 0.15) is 12.2 Å². The Balaban J connectivity index is -0.000000274. The summed E-state index contributed by atoms with van der Waals surface area (Å²) in [7, 11) is 0. The van der Waals surface area contributed by atoms with Crippen molar-refractivity contribution in [2.75, 3.05) is 6.61 Å². The molecule has 1 heterocycles. The van der Waals surface area contributed by atoms with Crippen LogP contribution < -0.4 is 17.0 Å². The summed E-state index contributed by atoms with van der Waals surface area (Å²) in [5.41, 5.74) is 9.87. The molecule has 1 rings (SSSR count). The van der Waals surface area contributed by atoms with Crippen LogP contribution in [0.25, 0.3) is 0 Å². The van der Waals surface area contributed by atoms with Gasteiger partial charge in [-0.15, -0.1) is 0 Å². The fourth-order valence-corrected chi connectivity index (χ4v) is 1.27. The number of hydrogen-bond acceptors (Lipinski definition) is 6. The molecule has 23 heavy (non-hydrogen) atoms. The van der Waals surface area contributed by atoms with Gasteiger partial charge in [-0.05, 0) is 45.2 Å². The Hall–Kier alpha value is -2.07. The summed E-state index contributed by atoms with van der Waals surface area (Å²) in [5.74, 6) is -0.599. The number of H-pyrrole nitrogens is 2. The van der Waals surface area contributed by atoms with Gasteiger partial charge in [0.25, 0.3) is 5.56 Å². The largest absolute Gasteiger partial charge is 0.466 e. The summed E-state index contributed by atoms with van der Waals surface area (Å²) in [6.45, 7) is 5.19. The fraction of sp³-hybridized carbons (Fsp3) is 0.462. The lowest BCUT2D eigenvalue weighted by atomic mass is 10.3. The van der Waals surface area contributed by atoms with Crippen molar-refractivity contribution in [3.8, 4) is 0 Å². The zero-order valence-corrected chi connectivity index (χ0v) is 14.2. The van der Waals surface area contributed by atoms with E-state index in [0.29, 0.717) is 11.4 Å². The summed E-state index contributed by atoms with van der Waals surface area (Å²) in [5, 5.41) is 0.000000000000000222. The van der Waals surface area contributed by atoms with E-state index in [2.05, 4.69) is 50.6 Å². The lowest BCUT2D eigenvalue weighted by Crippen LogP contribution is -2.18. The topological polar surface area (TPSA) is 144 Å². The molecule has 0 unspecified atom stereocenters. The number of rotatable bonds is 3. The Morgan fingerprint density at radius 2 is 1.78 bits per heavy atom. The van der Waals surface area contributed by atoms with Gasteiger partial charge in [-0.25, -0.2) is 0 Å². The molecule has 132 valence electrons. The number of Topliss-reactive ketones (excluding diaryl/α,β-unsaturated/α-hetero) is 1. The van der Waals surface area contributed by atoms with Crippen molar-refractivity contribution >= 4 is 41.3 Å². The van der Waals surface area contributed by atoms with Crippen LogP contribution in [-0.4, -0.2) is 33.4 Å². The highest BCUT2D eigenvalue weighted by Gasteiger charge is 2.03. The molecule has 6 N–H and O–H groups in total. The Labute approximate surface area is 145 Å². The molecule has 0 radical (unpaired) electrons. The molecule has 8 nitrogen and oxygen atoms in total. The SMILES string of the molecule is C.CCOC(=O)CC(C)=O.Cc1cc(=O)[nH]c(=S)[nH]1.NC(N)=S. The Morgan fingerprint density at radius 3 is 2.09 bits per heavy atom. The molecule has 10 heteroatoms. The third-order valence-electron chi connectivity index (χ3n) is 1.59. The first kappa shape index (κ1) is 25.9. The van der Waals surface area contributed by atoms with Crippen molar-refractivity contribution in [2.45, 2.75) is 34.6 Å². The predicted molar refractivity (Wildman–Crippen MR) is 96.6 cm³/mol. The second-order valence-electron chi connectivity index (χ2n) is 3.86. The van der Waals surface area contributed by atoms with Crippen LogP contribution in [0.2, 0.25) is 0 Å². The minimum absolute atomic E-state index is 0. The molecule has 1 aromatic heterocycles. The molecule has 0 amide bonds. The average molecular weight is 364 g/mol. The summed E-state index contributed by atoms with van der Waals surface area (Å²) in [4.78, 5) is 36.4. The van der Waals surface area contributed by atoms with Crippen molar-refractivity contribution in [1.82, 2.24) is 9.97 Å². The Kier molecular flexibility index (Phi) is 16.7. The third kappa shape index (κ3) is 22.4. The maximum absolute atomic E-state index is 10.6. The predicted octanol–water partition coefficient (Wildman–Crippen LogP) is 1.09. The lowest BCUT2D eigenvalue weighted by molar-refractivity contribution is -0.145. The molecule has 0 atom stereocenters. The van der Waals surface area contributed by atoms with E-state index in [9.17, 15) is 14.4 Å². The first-order valence-electron chi connectivity index (χ1n) is 6.08. The smallest absolute Gasteiger partial charge is 0.313 e. The molecule has 0 aliphatic carbocycles. The molecule has 0 aliphatic rings. The number of nitrogens with one attached hydrogen (secondary N) is 2. The van der Waals surface area contributed by atoms with Crippen molar-refractivity contribution < 1.29 is 14.3 Å². The monoisotopic (exact) mass is 364 g/mol. The van der Waals surface area contributed by atoms with Gasteiger partial charge in [-0.3, -0.25) is 19.4 Å². The lowest BCUT2D eigenvalue weighted by Gasteiger charge is -1.96. The number of aromatic nitrogens is 2. The van der Waals surface area contributed by atoms with Crippen LogP contribution in [0.15, 0.2) is 10.9 Å². The van der Waals surface area contributed by atoms with Gasteiger partial charge in [0.05, 0.1) is 6.61 Å². The molecule has 1 aromatic rings.